The molecule has 14 heavy (non-hydrogen) atoms. The molecule has 0 aliphatic heterocycles. The molecule has 1 N–H and O–H groups in total. The first-order chi connectivity index (χ1) is 6.74. The number of ether oxygens (including phenoxy) is 1. The second-order valence-electron chi connectivity index (χ2n) is 3.24. The lowest BCUT2D eigenvalue weighted by Crippen LogP contribution is -2.23. The summed E-state index contributed by atoms with van der Waals surface area (Å²) in [7, 11) is 0. The zero-order chi connectivity index (χ0) is 10.4. The van der Waals surface area contributed by atoms with Crippen LogP contribution in [0.4, 0.5) is 0 Å². The van der Waals surface area contributed by atoms with Gasteiger partial charge in [-0.2, -0.15) is 0 Å². The molecule has 2 nitrogen and oxygen atoms in total. The predicted molar refractivity (Wildman–Crippen MR) is 56.9 cm³/mol. The van der Waals surface area contributed by atoms with Crippen molar-refractivity contribution in [3.8, 4) is 0 Å². The Morgan fingerprint density at radius 2 is 2.07 bits per heavy atom. The molecular weight excluding hydrogens is 176 g/mol. The molecule has 0 amide bonds. The summed E-state index contributed by atoms with van der Waals surface area (Å²) in [5.41, 5.74) is 1.10. The monoisotopic (exact) mass is 192 g/mol. The van der Waals surface area contributed by atoms with Crippen molar-refractivity contribution in [1.82, 2.24) is 0 Å². The molecule has 1 aromatic rings. The van der Waals surface area contributed by atoms with Crippen LogP contribution in [0.15, 0.2) is 43.0 Å². The average Bonchev–Trinajstić information content (AvgIpc) is 2.20. The van der Waals surface area contributed by atoms with Gasteiger partial charge in [-0.3, -0.25) is 0 Å². The molecule has 0 fully saturated rings. The maximum absolute atomic E-state index is 9.29. The average molecular weight is 192 g/mol. The summed E-state index contributed by atoms with van der Waals surface area (Å²) in [5.74, 6) is 0. The normalized spacial score (nSPS) is 14.7. The van der Waals surface area contributed by atoms with E-state index in [1.165, 1.54) is 0 Å². The van der Waals surface area contributed by atoms with Crippen molar-refractivity contribution >= 4 is 0 Å². The number of hydrogen-bond donors (Lipinski definition) is 1. The third-order valence-electron chi connectivity index (χ3n) is 1.99. The molecule has 0 spiro atoms. The molecule has 1 rings (SSSR count). The number of hydrogen-bond acceptors (Lipinski definition) is 2. The van der Waals surface area contributed by atoms with Crippen LogP contribution in [0.3, 0.4) is 0 Å². The smallest absolute Gasteiger partial charge is 0.101 e. The van der Waals surface area contributed by atoms with Gasteiger partial charge in [0.2, 0.25) is 0 Å². The number of aliphatic hydroxyl groups excluding tert-OH is 1. The third-order valence-corrected chi connectivity index (χ3v) is 1.99. The Bertz CT molecular complexity index is 267. The molecule has 76 valence electrons. The zero-order valence-electron chi connectivity index (χ0n) is 8.39. The van der Waals surface area contributed by atoms with E-state index in [2.05, 4.69) is 6.58 Å². The molecule has 2 unspecified atom stereocenters. The van der Waals surface area contributed by atoms with Gasteiger partial charge in [0, 0.05) is 0 Å². The highest BCUT2D eigenvalue weighted by Crippen LogP contribution is 2.06. The highest BCUT2D eigenvalue weighted by atomic mass is 16.5. The van der Waals surface area contributed by atoms with Gasteiger partial charge < -0.3 is 9.84 Å². The molecule has 2 atom stereocenters. The summed E-state index contributed by atoms with van der Waals surface area (Å²) in [6.45, 7) is 5.80. The lowest BCUT2D eigenvalue weighted by Gasteiger charge is -2.16. The fraction of sp³-hybridized carbons (Fsp3) is 0.333. The standard InChI is InChI=1S/C12H16O2/c1-3-12(10(2)13)14-9-11-7-5-4-6-8-11/h3-8,10,12-13H,1,9H2,2H3. The summed E-state index contributed by atoms with van der Waals surface area (Å²) >= 11 is 0. The number of aliphatic hydroxyl groups is 1. The van der Waals surface area contributed by atoms with Crippen molar-refractivity contribution in [2.45, 2.75) is 25.7 Å². The van der Waals surface area contributed by atoms with Gasteiger partial charge in [-0.05, 0) is 12.5 Å². The summed E-state index contributed by atoms with van der Waals surface area (Å²) in [6.07, 6.45) is 0.805. The van der Waals surface area contributed by atoms with Crippen LogP contribution in [0.2, 0.25) is 0 Å². The van der Waals surface area contributed by atoms with Crippen molar-refractivity contribution in [3.05, 3.63) is 48.6 Å². The second kappa shape index (κ2) is 5.58. The Balaban J connectivity index is 2.43. The Morgan fingerprint density at radius 3 is 2.57 bits per heavy atom. The van der Waals surface area contributed by atoms with Gasteiger partial charge in [0.05, 0.1) is 12.7 Å². The summed E-state index contributed by atoms with van der Waals surface area (Å²) in [5, 5.41) is 9.29. The minimum atomic E-state index is -0.517. The maximum atomic E-state index is 9.29. The van der Waals surface area contributed by atoms with Crippen LogP contribution in [-0.4, -0.2) is 17.3 Å². The molecule has 0 aliphatic carbocycles. The molecule has 2 heteroatoms. The number of benzene rings is 1. The van der Waals surface area contributed by atoms with Crippen LogP contribution in [0.25, 0.3) is 0 Å². The minimum absolute atomic E-state index is 0.296. The van der Waals surface area contributed by atoms with Crippen molar-refractivity contribution in [2.75, 3.05) is 0 Å². The van der Waals surface area contributed by atoms with Crippen LogP contribution in [0, 0.1) is 0 Å². The van der Waals surface area contributed by atoms with Gasteiger partial charge in [0.1, 0.15) is 6.10 Å². The molecule has 0 bridgehead atoms. The van der Waals surface area contributed by atoms with E-state index < -0.39 is 6.10 Å². The Morgan fingerprint density at radius 1 is 1.43 bits per heavy atom. The molecule has 0 heterocycles. The van der Waals surface area contributed by atoms with Crippen molar-refractivity contribution < 1.29 is 9.84 Å². The van der Waals surface area contributed by atoms with Crippen molar-refractivity contribution in [3.63, 3.8) is 0 Å². The van der Waals surface area contributed by atoms with Crippen LogP contribution >= 0.6 is 0 Å². The van der Waals surface area contributed by atoms with Gasteiger partial charge in [-0.15, -0.1) is 6.58 Å². The lowest BCUT2D eigenvalue weighted by molar-refractivity contribution is -0.00981. The van der Waals surface area contributed by atoms with Gasteiger partial charge in [-0.1, -0.05) is 36.4 Å². The number of rotatable bonds is 5. The molecular formula is C12H16O2. The Labute approximate surface area is 84.8 Å². The summed E-state index contributed by atoms with van der Waals surface area (Å²) in [4.78, 5) is 0. The van der Waals surface area contributed by atoms with Gasteiger partial charge in [0.15, 0.2) is 0 Å². The topological polar surface area (TPSA) is 29.5 Å². The first-order valence-electron chi connectivity index (χ1n) is 4.70. The molecule has 0 saturated carbocycles. The fourth-order valence-electron chi connectivity index (χ4n) is 1.17. The van der Waals surface area contributed by atoms with Gasteiger partial charge >= 0.3 is 0 Å². The van der Waals surface area contributed by atoms with Crippen LogP contribution in [0.1, 0.15) is 12.5 Å². The summed E-state index contributed by atoms with van der Waals surface area (Å²) in [6, 6.07) is 9.86. The van der Waals surface area contributed by atoms with Crippen LogP contribution < -0.4 is 0 Å². The maximum Gasteiger partial charge on any atom is 0.101 e. The predicted octanol–water partition coefficient (Wildman–Crippen LogP) is 2.14. The highest BCUT2D eigenvalue weighted by molar-refractivity contribution is 5.13. The van der Waals surface area contributed by atoms with Gasteiger partial charge in [0.25, 0.3) is 0 Å². The van der Waals surface area contributed by atoms with E-state index in [1.807, 2.05) is 30.3 Å². The van der Waals surface area contributed by atoms with E-state index >= 15 is 0 Å². The minimum Gasteiger partial charge on any atom is -0.390 e. The van der Waals surface area contributed by atoms with Crippen LogP contribution in [0.5, 0.6) is 0 Å². The van der Waals surface area contributed by atoms with E-state index in [9.17, 15) is 5.11 Å². The summed E-state index contributed by atoms with van der Waals surface area (Å²) < 4.78 is 5.47. The van der Waals surface area contributed by atoms with Crippen LogP contribution in [-0.2, 0) is 11.3 Å². The largest absolute Gasteiger partial charge is 0.390 e. The van der Waals surface area contributed by atoms with Gasteiger partial charge in [-0.25, -0.2) is 0 Å². The Kier molecular flexibility index (Phi) is 4.36. The van der Waals surface area contributed by atoms with E-state index in [0.29, 0.717) is 6.61 Å². The van der Waals surface area contributed by atoms with E-state index in [0.717, 1.165) is 5.56 Å². The van der Waals surface area contributed by atoms with E-state index in [1.54, 1.807) is 13.0 Å². The molecule has 0 aliphatic rings. The van der Waals surface area contributed by atoms with Crippen molar-refractivity contribution in [1.29, 1.82) is 0 Å². The third kappa shape index (κ3) is 3.32. The molecule has 0 aromatic heterocycles. The molecule has 0 saturated heterocycles. The Hall–Kier alpha value is -1.12. The molecule has 1 aromatic carbocycles. The lowest BCUT2D eigenvalue weighted by atomic mass is 10.2. The highest BCUT2D eigenvalue weighted by Gasteiger charge is 2.10. The SMILES string of the molecule is C=CC(OCc1ccccc1)C(C)O. The van der Waals surface area contributed by atoms with E-state index in [4.69, 9.17) is 4.74 Å². The zero-order valence-corrected chi connectivity index (χ0v) is 8.39. The second-order valence-corrected chi connectivity index (χ2v) is 3.24. The quantitative estimate of drug-likeness (QED) is 0.724. The first kappa shape index (κ1) is 11.0. The fourth-order valence-corrected chi connectivity index (χ4v) is 1.17. The first-order valence-corrected chi connectivity index (χ1v) is 4.70. The van der Waals surface area contributed by atoms with E-state index in [-0.39, 0.29) is 6.10 Å². The molecule has 0 radical (unpaired) electrons. The van der Waals surface area contributed by atoms with Crippen molar-refractivity contribution in [2.24, 2.45) is 0 Å².